The highest BCUT2D eigenvalue weighted by molar-refractivity contribution is 9.10. The van der Waals surface area contributed by atoms with Crippen LogP contribution in [0.4, 0.5) is 8.78 Å². The standard InChI is InChI=1S/C17H16BrF2NO4S/c1-11(22)21-16(12-8-9-15(25-2)14(18)10-12)17(19,20)26(23,24)13-6-4-3-5-7-13/h3-10,16H,1-2H3,(H,21,22). The highest BCUT2D eigenvalue weighted by atomic mass is 79.9. The van der Waals surface area contributed by atoms with Gasteiger partial charge in [-0.2, -0.15) is 8.78 Å². The number of carbonyl (C=O) groups is 1. The van der Waals surface area contributed by atoms with Crippen LogP contribution < -0.4 is 10.1 Å². The Labute approximate surface area is 158 Å². The van der Waals surface area contributed by atoms with E-state index >= 15 is 8.78 Å². The van der Waals surface area contributed by atoms with E-state index in [1.807, 2.05) is 5.32 Å². The minimum atomic E-state index is -5.05. The van der Waals surface area contributed by atoms with Crippen LogP contribution in [0.5, 0.6) is 5.75 Å². The first kappa shape index (κ1) is 20.3. The third-order valence-electron chi connectivity index (χ3n) is 3.60. The summed E-state index contributed by atoms with van der Waals surface area (Å²) in [5.74, 6) is -0.408. The van der Waals surface area contributed by atoms with Gasteiger partial charge in [0, 0.05) is 6.92 Å². The molecular formula is C17H16BrF2NO4S. The lowest BCUT2D eigenvalue weighted by Gasteiger charge is -2.28. The van der Waals surface area contributed by atoms with Crippen molar-refractivity contribution >= 4 is 31.7 Å². The second-order valence-electron chi connectivity index (χ2n) is 5.41. The molecule has 9 heteroatoms. The van der Waals surface area contributed by atoms with Crippen LogP contribution in [0.25, 0.3) is 0 Å². The van der Waals surface area contributed by atoms with E-state index in [-0.39, 0.29) is 5.56 Å². The van der Waals surface area contributed by atoms with Gasteiger partial charge in [0.05, 0.1) is 16.5 Å². The lowest BCUT2D eigenvalue weighted by Crippen LogP contribution is -2.44. The maximum Gasteiger partial charge on any atom is 0.373 e. The molecule has 0 aliphatic rings. The van der Waals surface area contributed by atoms with Crippen LogP contribution >= 0.6 is 15.9 Å². The molecule has 0 saturated carbocycles. The normalized spacial score (nSPS) is 13.1. The number of amides is 1. The number of carbonyl (C=O) groups excluding carboxylic acids is 1. The number of rotatable bonds is 6. The number of alkyl halides is 2. The first-order valence-electron chi connectivity index (χ1n) is 7.39. The van der Waals surface area contributed by atoms with Crippen molar-refractivity contribution in [1.29, 1.82) is 0 Å². The Bertz CT molecular complexity index is 904. The molecule has 140 valence electrons. The van der Waals surface area contributed by atoms with Crippen LogP contribution in [0.1, 0.15) is 18.5 Å². The van der Waals surface area contributed by atoms with Gasteiger partial charge < -0.3 is 10.1 Å². The maximum atomic E-state index is 15.1. The molecule has 0 bridgehead atoms. The smallest absolute Gasteiger partial charge is 0.373 e. The van der Waals surface area contributed by atoms with E-state index in [1.54, 1.807) is 0 Å². The van der Waals surface area contributed by atoms with Gasteiger partial charge in [-0.1, -0.05) is 24.3 Å². The van der Waals surface area contributed by atoms with Crippen molar-refractivity contribution in [3.63, 3.8) is 0 Å². The summed E-state index contributed by atoms with van der Waals surface area (Å²) in [6, 6.07) is 8.26. The van der Waals surface area contributed by atoms with Crippen LogP contribution in [0.15, 0.2) is 57.9 Å². The number of methoxy groups -OCH3 is 1. The third-order valence-corrected chi connectivity index (χ3v) is 6.07. The largest absolute Gasteiger partial charge is 0.496 e. The Morgan fingerprint density at radius 1 is 1.19 bits per heavy atom. The van der Waals surface area contributed by atoms with E-state index in [0.29, 0.717) is 10.2 Å². The molecule has 5 nitrogen and oxygen atoms in total. The Kier molecular flexibility index (Phi) is 6.02. The minimum Gasteiger partial charge on any atom is -0.496 e. The Morgan fingerprint density at radius 3 is 2.31 bits per heavy atom. The molecule has 0 fully saturated rings. The number of benzene rings is 2. The average Bonchev–Trinajstić information content (AvgIpc) is 2.60. The lowest BCUT2D eigenvalue weighted by molar-refractivity contribution is -0.121. The number of halogens is 3. The topological polar surface area (TPSA) is 72.5 Å². The van der Waals surface area contributed by atoms with Gasteiger partial charge in [0.1, 0.15) is 11.8 Å². The maximum absolute atomic E-state index is 15.1. The van der Waals surface area contributed by atoms with Crippen LogP contribution in [0, 0.1) is 0 Å². The van der Waals surface area contributed by atoms with Gasteiger partial charge in [0.2, 0.25) is 15.7 Å². The number of sulfone groups is 1. The first-order chi connectivity index (χ1) is 12.1. The molecule has 0 saturated heterocycles. The van der Waals surface area contributed by atoms with Crippen molar-refractivity contribution in [1.82, 2.24) is 5.32 Å². The molecule has 2 aromatic carbocycles. The molecule has 2 aromatic rings. The molecule has 1 N–H and O–H groups in total. The van der Waals surface area contributed by atoms with Crippen LogP contribution in [0.3, 0.4) is 0 Å². The second kappa shape index (κ2) is 7.71. The van der Waals surface area contributed by atoms with Crippen LogP contribution in [0.2, 0.25) is 0 Å². The third kappa shape index (κ3) is 3.88. The quantitative estimate of drug-likeness (QED) is 0.732. The average molecular weight is 448 g/mol. The van der Waals surface area contributed by atoms with Gasteiger partial charge in [-0.15, -0.1) is 0 Å². The van der Waals surface area contributed by atoms with Crippen LogP contribution in [-0.2, 0) is 14.6 Å². The molecule has 0 aliphatic heterocycles. The molecule has 1 atom stereocenters. The minimum absolute atomic E-state index is 0.0858. The zero-order chi connectivity index (χ0) is 19.5. The van der Waals surface area contributed by atoms with E-state index in [4.69, 9.17) is 4.74 Å². The van der Waals surface area contributed by atoms with Gasteiger partial charge in [0.25, 0.3) is 0 Å². The molecule has 0 spiro atoms. The Hall–Kier alpha value is -2.00. The Balaban J connectivity index is 2.58. The summed E-state index contributed by atoms with van der Waals surface area (Å²) in [5, 5.41) is -2.24. The molecular weight excluding hydrogens is 432 g/mol. The monoisotopic (exact) mass is 447 g/mol. The van der Waals surface area contributed by atoms with Gasteiger partial charge in [-0.3, -0.25) is 4.79 Å². The van der Waals surface area contributed by atoms with E-state index in [0.717, 1.165) is 19.1 Å². The summed E-state index contributed by atoms with van der Waals surface area (Å²) in [7, 11) is -3.65. The molecule has 0 radical (unpaired) electrons. The summed E-state index contributed by atoms with van der Waals surface area (Å²) in [4.78, 5) is 10.9. The van der Waals surface area contributed by atoms with Crippen molar-refractivity contribution in [2.24, 2.45) is 0 Å². The summed E-state index contributed by atoms with van der Waals surface area (Å²) in [5.41, 5.74) is -0.0858. The number of ether oxygens (including phenoxy) is 1. The van der Waals surface area contributed by atoms with Crippen molar-refractivity contribution in [3.05, 3.63) is 58.6 Å². The van der Waals surface area contributed by atoms with E-state index < -0.39 is 31.9 Å². The van der Waals surface area contributed by atoms with E-state index in [1.165, 1.54) is 43.5 Å². The van der Waals surface area contributed by atoms with Crippen molar-refractivity contribution < 1.29 is 26.7 Å². The molecule has 0 aromatic heterocycles. The number of nitrogens with one attached hydrogen (secondary N) is 1. The molecule has 0 aliphatic carbocycles. The molecule has 2 rings (SSSR count). The van der Waals surface area contributed by atoms with Crippen molar-refractivity contribution in [3.8, 4) is 5.75 Å². The SMILES string of the molecule is COc1ccc(C(NC(C)=O)C(F)(F)S(=O)(=O)c2ccccc2)cc1Br. The fraction of sp³-hybridized carbons (Fsp3) is 0.235. The summed E-state index contributed by atoms with van der Waals surface area (Å²) < 4.78 is 60.6. The van der Waals surface area contributed by atoms with Gasteiger partial charge in [0.15, 0.2) is 0 Å². The zero-order valence-corrected chi connectivity index (χ0v) is 16.3. The summed E-state index contributed by atoms with van der Waals surface area (Å²) >= 11 is 3.17. The second-order valence-corrected chi connectivity index (χ2v) is 8.28. The van der Waals surface area contributed by atoms with Gasteiger partial charge in [-0.05, 0) is 45.8 Å². The molecule has 1 unspecified atom stereocenters. The van der Waals surface area contributed by atoms with E-state index in [2.05, 4.69) is 15.9 Å². The zero-order valence-electron chi connectivity index (χ0n) is 13.9. The van der Waals surface area contributed by atoms with Gasteiger partial charge in [-0.25, -0.2) is 8.42 Å². The highest BCUT2D eigenvalue weighted by Crippen LogP contribution is 2.41. The number of hydrogen-bond acceptors (Lipinski definition) is 4. The van der Waals surface area contributed by atoms with E-state index in [9.17, 15) is 13.2 Å². The molecule has 1 amide bonds. The first-order valence-corrected chi connectivity index (χ1v) is 9.67. The van der Waals surface area contributed by atoms with Crippen molar-refractivity contribution in [2.45, 2.75) is 23.1 Å². The Morgan fingerprint density at radius 2 is 1.81 bits per heavy atom. The lowest BCUT2D eigenvalue weighted by atomic mass is 10.1. The fourth-order valence-electron chi connectivity index (χ4n) is 2.34. The van der Waals surface area contributed by atoms with Crippen LogP contribution in [-0.4, -0.2) is 26.7 Å². The van der Waals surface area contributed by atoms with Gasteiger partial charge >= 0.3 is 5.25 Å². The van der Waals surface area contributed by atoms with Crippen molar-refractivity contribution in [2.75, 3.05) is 7.11 Å². The number of hydrogen-bond donors (Lipinski definition) is 1. The predicted octanol–water partition coefficient (Wildman–Crippen LogP) is 3.70. The molecule has 26 heavy (non-hydrogen) atoms. The highest BCUT2D eigenvalue weighted by Gasteiger charge is 2.54. The summed E-state index contributed by atoms with van der Waals surface area (Å²) in [6.07, 6.45) is 0. The predicted molar refractivity (Wildman–Crippen MR) is 95.8 cm³/mol. The molecule has 0 heterocycles. The fourth-order valence-corrected chi connectivity index (χ4v) is 4.23. The summed E-state index contributed by atoms with van der Waals surface area (Å²) in [6.45, 7) is 1.04.